The molecule has 0 spiro atoms. The fourth-order valence-corrected chi connectivity index (χ4v) is 0.897. The van der Waals surface area contributed by atoms with Gasteiger partial charge in [0.05, 0.1) is 13.2 Å². The minimum Gasteiger partial charge on any atom is -0.378 e. The summed E-state index contributed by atoms with van der Waals surface area (Å²) in [6, 6.07) is 0. The molecule has 0 radical (unpaired) electrons. The Morgan fingerprint density at radius 2 is 1.86 bits per heavy atom. The van der Waals surface area contributed by atoms with Crippen molar-refractivity contribution in [3.63, 3.8) is 0 Å². The average Bonchev–Trinajstić information content (AvgIpc) is 2.10. The summed E-state index contributed by atoms with van der Waals surface area (Å²) in [7, 11) is 4.16. The van der Waals surface area contributed by atoms with Crippen LogP contribution in [0.5, 0.6) is 0 Å². The van der Waals surface area contributed by atoms with E-state index in [-0.39, 0.29) is 5.54 Å². The molecule has 0 amide bonds. The fourth-order valence-electron chi connectivity index (χ4n) is 0.897. The van der Waals surface area contributed by atoms with Crippen LogP contribution in [-0.4, -0.2) is 50.8 Å². The zero-order chi connectivity index (χ0) is 11.0. The molecule has 0 atom stereocenters. The molecular formula is C11H26N2O. The van der Waals surface area contributed by atoms with Crippen molar-refractivity contribution in [2.45, 2.75) is 32.7 Å². The van der Waals surface area contributed by atoms with Crippen LogP contribution in [0.4, 0.5) is 0 Å². The van der Waals surface area contributed by atoms with Crippen molar-refractivity contribution in [2.75, 3.05) is 40.4 Å². The molecule has 0 rings (SSSR count). The molecule has 0 aromatic heterocycles. The number of hydrogen-bond donors (Lipinski definition) is 1. The molecule has 0 heterocycles. The minimum absolute atomic E-state index is 0.130. The third-order valence-electron chi connectivity index (χ3n) is 2.52. The number of nitrogens with one attached hydrogen (secondary N) is 1. The van der Waals surface area contributed by atoms with Crippen molar-refractivity contribution >= 4 is 0 Å². The lowest BCUT2D eigenvalue weighted by molar-refractivity contribution is 0.0376. The fraction of sp³-hybridized carbons (Fsp3) is 1.00. The lowest BCUT2D eigenvalue weighted by Crippen LogP contribution is -2.42. The summed E-state index contributed by atoms with van der Waals surface area (Å²) in [6.07, 6.45) is 1.18. The first-order chi connectivity index (χ1) is 6.50. The molecule has 0 aliphatic heterocycles. The van der Waals surface area contributed by atoms with Gasteiger partial charge in [-0.15, -0.1) is 0 Å². The van der Waals surface area contributed by atoms with Gasteiger partial charge in [0.2, 0.25) is 0 Å². The van der Waals surface area contributed by atoms with Crippen LogP contribution in [0.25, 0.3) is 0 Å². The van der Waals surface area contributed by atoms with E-state index in [0.29, 0.717) is 0 Å². The molecule has 0 aliphatic carbocycles. The summed E-state index contributed by atoms with van der Waals surface area (Å²) in [5, 5.41) is 3.31. The van der Waals surface area contributed by atoms with E-state index < -0.39 is 0 Å². The maximum Gasteiger partial charge on any atom is 0.0645 e. The van der Waals surface area contributed by atoms with Gasteiger partial charge in [0.25, 0.3) is 0 Å². The lowest BCUT2D eigenvalue weighted by Gasteiger charge is -2.32. The van der Waals surface area contributed by atoms with Crippen molar-refractivity contribution in [3.05, 3.63) is 0 Å². The zero-order valence-corrected chi connectivity index (χ0v) is 10.4. The van der Waals surface area contributed by atoms with E-state index >= 15 is 0 Å². The third-order valence-corrected chi connectivity index (χ3v) is 2.52. The molecule has 3 nitrogen and oxygen atoms in total. The molecule has 1 N–H and O–H groups in total. The first-order valence-electron chi connectivity index (χ1n) is 5.46. The van der Waals surface area contributed by atoms with E-state index in [1.165, 1.54) is 6.42 Å². The smallest absolute Gasteiger partial charge is 0.0645 e. The van der Waals surface area contributed by atoms with Crippen molar-refractivity contribution in [3.8, 4) is 0 Å². The Morgan fingerprint density at radius 3 is 2.36 bits per heavy atom. The van der Waals surface area contributed by atoms with Crippen LogP contribution in [-0.2, 0) is 4.74 Å². The highest BCUT2D eigenvalue weighted by molar-refractivity contribution is 4.75. The van der Waals surface area contributed by atoms with Crippen LogP contribution < -0.4 is 5.32 Å². The van der Waals surface area contributed by atoms with Gasteiger partial charge in [-0.2, -0.15) is 0 Å². The highest BCUT2D eigenvalue weighted by atomic mass is 16.5. The summed E-state index contributed by atoms with van der Waals surface area (Å²) in [5.74, 6) is 0. The van der Waals surface area contributed by atoms with Gasteiger partial charge in [-0.05, 0) is 40.9 Å². The molecule has 0 saturated heterocycles. The second-order valence-corrected chi connectivity index (χ2v) is 4.51. The number of rotatable bonds is 8. The minimum atomic E-state index is 0.130. The largest absolute Gasteiger partial charge is 0.378 e. The maximum atomic E-state index is 5.60. The molecule has 0 aliphatic rings. The van der Waals surface area contributed by atoms with Crippen LogP contribution in [0, 0.1) is 0 Å². The Labute approximate surface area is 88.8 Å². The van der Waals surface area contributed by atoms with E-state index in [9.17, 15) is 0 Å². The number of nitrogens with zero attached hydrogens (tertiary/aromatic N) is 1. The Morgan fingerprint density at radius 1 is 1.21 bits per heavy atom. The van der Waals surface area contributed by atoms with E-state index in [1.807, 2.05) is 0 Å². The molecule has 14 heavy (non-hydrogen) atoms. The van der Waals surface area contributed by atoms with Gasteiger partial charge in [0, 0.05) is 12.1 Å². The van der Waals surface area contributed by atoms with Crippen LogP contribution in [0.15, 0.2) is 0 Å². The third kappa shape index (κ3) is 6.35. The topological polar surface area (TPSA) is 24.5 Å². The standard InChI is InChI=1S/C11H26N2O/c1-6-7-12-8-9-14-10-11(2,3)13(4)5/h12H,6-10H2,1-5H3. The SMILES string of the molecule is CCCNCCOCC(C)(C)N(C)C. The Bertz CT molecular complexity index is 135. The molecule has 0 fully saturated rings. The van der Waals surface area contributed by atoms with Gasteiger partial charge in [-0.25, -0.2) is 0 Å². The molecule has 0 unspecified atom stereocenters. The normalized spacial score (nSPS) is 12.4. The van der Waals surface area contributed by atoms with Gasteiger partial charge >= 0.3 is 0 Å². The van der Waals surface area contributed by atoms with Crippen LogP contribution >= 0.6 is 0 Å². The van der Waals surface area contributed by atoms with E-state index in [0.717, 1.165) is 26.3 Å². The Kier molecular flexibility index (Phi) is 7.15. The monoisotopic (exact) mass is 202 g/mol. The van der Waals surface area contributed by atoms with Crippen molar-refractivity contribution in [1.29, 1.82) is 0 Å². The van der Waals surface area contributed by atoms with Crippen molar-refractivity contribution in [2.24, 2.45) is 0 Å². The molecule has 0 bridgehead atoms. The number of ether oxygens (including phenoxy) is 1. The van der Waals surface area contributed by atoms with Crippen LogP contribution in [0.1, 0.15) is 27.2 Å². The second-order valence-electron chi connectivity index (χ2n) is 4.51. The maximum absolute atomic E-state index is 5.60. The van der Waals surface area contributed by atoms with Crippen LogP contribution in [0.3, 0.4) is 0 Å². The second kappa shape index (κ2) is 7.21. The van der Waals surface area contributed by atoms with E-state index in [4.69, 9.17) is 4.74 Å². The van der Waals surface area contributed by atoms with Crippen molar-refractivity contribution < 1.29 is 4.74 Å². The van der Waals surface area contributed by atoms with Crippen LogP contribution in [0.2, 0.25) is 0 Å². The summed E-state index contributed by atoms with van der Waals surface area (Å²) in [6.45, 7) is 10.2. The Balaban J connectivity index is 3.35. The van der Waals surface area contributed by atoms with Gasteiger partial charge in [0.1, 0.15) is 0 Å². The quantitative estimate of drug-likeness (QED) is 0.601. The summed E-state index contributed by atoms with van der Waals surface area (Å²) < 4.78 is 5.60. The van der Waals surface area contributed by atoms with E-state index in [1.54, 1.807) is 0 Å². The number of likely N-dealkylation sites (N-methyl/N-ethyl adjacent to an activating group) is 1. The average molecular weight is 202 g/mol. The highest BCUT2D eigenvalue weighted by Gasteiger charge is 2.19. The number of hydrogen-bond acceptors (Lipinski definition) is 3. The lowest BCUT2D eigenvalue weighted by atomic mass is 10.1. The Hall–Kier alpha value is -0.120. The van der Waals surface area contributed by atoms with Gasteiger partial charge in [0.15, 0.2) is 0 Å². The predicted octanol–water partition coefficient (Wildman–Crippen LogP) is 1.34. The first-order valence-corrected chi connectivity index (χ1v) is 5.46. The van der Waals surface area contributed by atoms with E-state index in [2.05, 4.69) is 45.1 Å². The summed E-state index contributed by atoms with van der Waals surface area (Å²) >= 11 is 0. The van der Waals surface area contributed by atoms with Gasteiger partial charge in [-0.3, -0.25) is 0 Å². The molecule has 86 valence electrons. The molecular weight excluding hydrogens is 176 g/mol. The summed E-state index contributed by atoms with van der Waals surface area (Å²) in [5.41, 5.74) is 0.130. The molecule has 0 aromatic carbocycles. The first kappa shape index (κ1) is 13.9. The summed E-state index contributed by atoms with van der Waals surface area (Å²) in [4.78, 5) is 2.19. The predicted molar refractivity (Wildman–Crippen MR) is 61.7 cm³/mol. The van der Waals surface area contributed by atoms with Gasteiger partial charge < -0.3 is 15.0 Å². The molecule has 0 aromatic rings. The van der Waals surface area contributed by atoms with Crippen molar-refractivity contribution in [1.82, 2.24) is 10.2 Å². The van der Waals surface area contributed by atoms with Gasteiger partial charge in [-0.1, -0.05) is 6.92 Å². The molecule has 0 saturated carbocycles. The molecule has 3 heteroatoms. The highest BCUT2D eigenvalue weighted by Crippen LogP contribution is 2.09. The zero-order valence-electron chi connectivity index (χ0n) is 10.4.